The third-order valence-corrected chi connectivity index (χ3v) is 9.00. The number of ether oxygens (including phenoxy) is 1. The standard InChI is InChI=1S/C25H38O2/c1-4-5-6-7-16-27-23-11-10-21-20-9-8-18-17-19(26)12-14-24(18,2)22(20)13-15-25(21,23)3/h4,17,20-23H,1,5-16H2,2-3H3/t20-,21-,22-,23-,24-,25-/m0/s1. The van der Waals surface area contributed by atoms with Gasteiger partial charge in [-0.3, -0.25) is 4.79 Å². The summed E-state index contributed by atoms with van der Waals surface area (Å²) in [5.74, 6) is 2.82. The summed E-state index contributed by atoms with van der Waals surface area (Å²) < 4.78 is 6.46. The van der Waals surface area contributed by atoms with Crippen LogP contribution in [0.2, 0.25) is 0 Å². The number of hydrogen-bond donors (Lipinski definition) is 0. The molecule has 0 heterocycles. The molecule has 6 atom stereocenters. The van der Waals surface area contributed by atoms with E-state index in [2.05, 4.69) is 20.4 Å². The zero-order valence-corrected chi connectivity index (χ0v) is 17.5. The maximum Gasteiger partial charge on any atom is 0.155 e. The van der Waals surface area contributed by atoms with Crippen molar-refractivity contribution in [2.45, 2.75) is 90.6 Å². The second-order valence-electron chi connectivity index (χ2n) is 10.2. The number of allylic oxidation sites excluding steroid dienone is 2. The second-order valence-corrected chi connectivity index (χ2v) is 10.2. The maximum atomic E-state index is 12.0. The molecular weight excluding hydrogens is 332 g/mol. The Morgan fingerprint density at radius 1 is 1.11 bits per heavy atom. The minimum absolute atomic E-state index is 0.293. The molecule has 0 unspecified atom stereocenters. The average molecular weight is 371 g/mol. The minimum Gasteiger partial charge on any atom is -0.378 e. The van der Waals surface area contributed by atoms with Crippen LogP contribution in [0.3, 0.4) is 0 Å². The molecule has 0 aromatic heterocycles. The summed E-state index contributed by atoms with van der Waals surface area (Å²) in [6.45, 7) is 9.75. The molecule has 0 aromatic rings. The third-order valence-electron chi connectivity index (χ3n) is 9.00. The zero-order valence-electron chi connectivity index (χ0n) is 17.5. The molecule has 0 bridgehead atoms. The first-order chi connectivity index (χ1) is 13.0. The molecule has 150 valence electrons. The van der Waals surface area contributed by atoms with Gasteiger partial charge >= 0.3 is 0 Å². The van der Waals surface area contributed by atoms with E-state index in [0.717, 1.165) is 56.5 Å². The van der Waals surface area contributed by atoms with Crippen LogP contribution in [0, 0.1) is 28.6 Å². The van der Waals surface area contributed by atoms with Gasteiger partial charge in [0.15, 0.2) is 5.78 Å². The van der Waals surface area contributed by atoms with Gasteiger partial charge in [-0.05, 0) is 98.9 Å². The van der Waals surface area contributed by atoms with Gasteiger partial charge in [-0.25, -0.2) is 0 Å². The Hall–Kier alpha value is -0.890. The first-order valence-electron chi connectivity index (χ1n) is 11.5. The zero-order chi connectivity index (χ0) is 19.1. The van der Waals surface area contributed by atoms with Crippen LogP contribution in [0.25, 0.3) is 0 Å². The highest BCUT2D eigenvalue weighted by molar-refractivity contribution is 5.91. The van der Waals surface area contributed by atoms with Crippen LogP contribution in [0.4, 0.5) is 0 Å². The van der Waals surface area contributed by atoms with Gasteiger partial charge in [-0.1, -0.05) is 25.5 Å². The van der Waals surface area contributed by atoms with E-state index in [-0.39, 0.29) is 0 Å². The number of rotatable bonds is 6. The number of carbonyl (C=O) groups is 1. The highest BCUT2D eigenvalue weighted by Gasteiger charge is 2.59. The summed E-state index contributed by atoms with van der Waals surface area (Å²) in [5, 5.41) is 0. The Balaban J connectivity index is 1.45. The third kappa shape index (κ3) is 3.26. The molecule has 0 radical (unpaired) electrons. The van der Waals surface area contributed by atoms with Crippen LogP contribution in [-0.2, 0) is 9.53 Å². The predicted molar refractivity (Wildman–Crippen MR) is 110 cm³/mol. The van der Waals surface area contributed by atoms with Gasteiger partial charge in [0.1, 0.15) is 0 Å². The van der Waals surface area contributed by atoms with E-state index in [9.17, 15) is 4.79 Å². The lowest BCUT2D eigenvalue weighted by Gasteiger charge is -2.58. The van der Waals surface area contributed by atoms with Crippen molar-refractivity contribution in [2.24, 2.45) is 28.6 Å². The van der Waals surface area contributed by atoms with E-state index < -0.39 is 0 Å². The van der Waals surface area contributed by atoms with Crippen molar-refractivity contribution in [1.82, 2.24) is 0 Å². The Morgan fingerprint density at radius 3 is 2.78 bits per heavy atom. The summed E-state index contributed by atoms with van der Waals surface area (Å²) >= 11 is 0. The lowest BCUT2D eigenvalue weighted by Crippen LogP contribution is -2.51. The van der Waals surface area contributed by atoms with Crippen LogP contribution in [0.15, 0.2) is 24.3 Å². The van der Waals surface area contributed by atoms with Gasteiger partial charge in [0.25, 0.3) is 0 Å². The van der Waals surface area contributed by atoms with Gasteiger partial charge < -0.3 is 4.74 Å². The van der Waals surface area contributed by atoms with Crippen LogP contribution in [0.1, 0.15) is 84.5 Å². The normalized spacial score (nSPS) is 43.5. The van der Waals surface area contributed by atoms with Crippen LogP contribution >= 0.6 is 0 Å². The molecular formula is C25H38O2. The van der Waals surface area contributed by atoms with E-state index in [1.807, 2.05) is 12.2 Å². The van der Waals surface area contributed by atoms with Gasteiger partial charge in [0, 0.05) is 13.0 Å². The first kappa shape index (κ1) is 19.4. The number of carbonyl (C=O) groups excluding carboxylic acids is 1. The number of fused-ring (bicyclic) bond motifs is 5. The Labute approximate surface area is 165 Å². The average Bonchev–Trinajstić information content (AvgIpc) is 2.99. The number of unbranched alkanes of at least 4 members (excludes halogenated alkanes) is 2. The molecule has 2 nitrogen and oxygen atoms in total. The fourth-order valence-electron chi connectivity index (χ4n) is 7.40. The number of ketones is 1. The van der Waals surface area contributed by atoms with Gasteiger partial charge in [-0.2, -0.15) is 0 Å². The van der Waals surface area contributed by atoms with Crippen molar-refractivity contribution in [3.63, 3.8) is 0 Å². The molecule has 2 heteroatoms. The Morgan fingerprint density at radius 2 is 1.96 bits per heavy atom. The highest BCUT2D eigenvalue weighted by Crippen LogP contribution is 2.65. The van der Waals surface area contributed by atoms with Crippen molar-refractivity contribution >= 4 is 5.78 Å². The smallest absolute Gasteiger partial charge is 0.155 e. The van der Waals surface area contributed by atoms with E-state index in [1.54, 1.807) is 0 Å². The van der Waals surface area contributed by atoms with Crippen molar-refractivity contribution in [1.29, 1.82) is 0 Å². The van der Waals surface area contributed by atoms with Crippen molar-refractivity contribution in [2.75, 3.05) is 6.61 Å². The van der Waals surface area contributed by atoms with E-state index in [1.165, 1.54) is 44.1 Å². The summed E-state index contributed by atoms with van der Waals surface area (Å²) in [7, 11) is 0. The van der Waals surface area contributed by atoms with Crippen LogP contribution in [-0.4, -0.2) is 18.5 Å². The predicted octanol–water partition coefficient (Wildman–Crippen LogP) is 6.26. The van der Waals surface area contributed by atoms with E-state index in [0.29, 0.717) is 22.7 Å². The summed E-state index contributed by atoms with van der Waals surface area (Å²) in [6, 6.07) is 0. The van der Waals surface area contributed by atoms with Crippen molar-refractivity contribution in [3.05, 3.63) is 24.3 Å². The summed E-state index contributed by atoms with van der Waals surface area (Å²) in [6.07, 6.45) is 17.5. The van der Waals surface area contributed by atoms with E-state index in [4.69, 9.17) is 4.74 Å². The number of hydrogen-bond acceptors (Lipinski definition) is 2. The van der Waals surface area contributed by atoms with Gasteiger partial charge in [-0.15, -0.1) is 6.58 Å². The Kier molecular flexibility index (Phi) is 5.40. The Bertz CT molecular complexity index is 620. The highest BCUT2D eigenvalue weighted by atomic mass is 16.5. The molecule has 0 saturated heterocycles. The minimum atomic E-state index is 0.293. The lowest BCUT2D eigenvalue weighted by atomic mass is 9.47. The molecule has 0 N–H and O–H groups in total. The molecule has 3 saturated carbocycles. The topological polar surface area (TPSA) is 26.3 Å². The molecule has 27 heavy (non-hydrogen) atoms. The quantitative estimate of drug-likeness (QED) is 0.407. The lowest BCUT2D eigenvalue weighted by molar-refractivity contribution is -0.118. The first-order valence-corrected chi connectivity index (χ1v) is 11.5. The monoisotopic (exact) mass is 370 g/mol. The molecule has 0 aromatic carbocycles. The van der Waals surface area contributed by atoms with Gasteiger partial charge in [0.2, 0.25) is 0 Å². The molecule has 0 aliphatic heterocycles. The van der Waals surface area contributed by atoms with Crippen molar-refractivity contribution < 1.29 is 9.53 Å². The molecule has 4 aliphatic carbocycles. The molecule has 3 fully saturated rings. The SMILES string of the molecule is C=CCCCCO[C@H]1CC[C@H]2[C@@H]3CCC4=CC(=O)CC[C@]4(C)[C@H]3CC[C@]12C. The molecule has 0 amide bonds. The fourth-order valence-corrected chi connectivity index (χ4v) is 7.40. The van der Waals surface area contributed by atoms with Crippen LogP contribution < -0.4 is 0 Å². The van der Waals surface area contributed by atoms with E-state index >= 15 is 0 Å². The second kappa shape index (κ2) is 7.50. The van der Waals surface area contributed by atoms with Crippen LogP contribution in [0.5, 0.6) is 0 Å². The van der Waals surface area contributed by atoms with Gasteiger partial charge in [0.05, 0.1) is 6.10 Å². The largest absolute Gasteiger partial charge is 0.378 e. The fraction of sp³-hybridized carbons (Fsp3) is 0.800. The summed E-state index contributed by atoms with van der Waals surface area (Å²) in [4.78, 5) is 12.0. The molecule has 4 rings (SSSR count). The summed E-state index contributed by atoms with van der Waals surface area (Å²) in [5.41, 5.74) is 2.15. The molecule has 4 aliphatic rings. The molecule has 0 spiro atoms. The maximum absolute atomic E-state index is 12.0. The van der Waals surface area contributed by atoms with Crippen molar-refractivity contribution in [3.8, 4) is 0 Å².